The molecule has 1 N–H and O–H groups in total. The Morgan fingerprint density at radius 2 is 2.18 bits per heavy atom. The lowest BCUT2D eigenvalue weighted by Crippen LogP contribution is -2.21. The van der Waals surface area contributed by atoms with Crippen molar-refractivity contribution in [2.75, 3.05) is 6.54 Å². The summed E-state index contributed by atoms with van der Waals surface area (Å²) in [6.45, 7) is 4.15. The van der Waals surface area contributed by atoms with Crippen LogP contribution in [-0.4, -0.2) is 12.5 Å². The summed E-state index contributed by atoms with van der Waals surface area (Å²) in [4.78, 5) is 11.4. The second kappa shape index (κ2) is 7.15. The van der Waals surface area contributed by atoms with Crippen molar-refractivity contribution in [3.8, 4) is 0 Å². The van der Waals surface area contributed by atoms with Gasteiger partial charge in [0.1, 0.15) is 0 Å². The third-order valence-electron chi connectivity index (χ3n) is 2.04. The van der Waals surface area contributed by atoms with Crippen LogP contribution in [0, 0.1) is 0 Å². The fraction of sp³-hybridized carbons (Fsp3) is 0.154. The van der Waals surface area contributed by atoms with Gasteiger partial charge in [-0.1, -0.05) is 41.4 Å². The van der Waals surface area contributed by atoms with E-state index in [1.807, 2.05) is 0 Å². The fourth-order valence-electron chi connectivity index (χ4n) is 1.17. The smallest absolute Gasteiger partial charge is 0.244 e. The predicted molar refractivity (Wildman–Crippen MR) is 73.3 cm³/mol. The third kappa shape index (κ3) is 4.63. The molecule has 0 aliphatic carbocycles. The topological polar surface area (TPSA) is 29.1 Å². The molecule has 1 aromatic carbocycles. The van der Waals surface area contributed by atoms with Gasteiger partial charge in [0, 0.05) is 12.6 Å². The first-order chi connectivity index (χ1) is 8.15. The zero-order chi connectivity index (χ0) is 12.7. The van der Waals surface area contributed by atoms with E-state index in [9.17, 15) is 4.79 Å². The number of hydrogen-bond acceptors (Lipinski definition) is 1. The molecular formula is C13H13Cl2NO. The van der Waals surface area contributed by atoms with E-state index in [0.29, 0.717) is 16.6 Å². The van der Waals surface area contributed by atoms with Crippen LogP contribution in [0.5, 0.6) is 0 Å². The molecule has 0 heterocycles. The monoisotopic (exact) mass is 269 g/mol. The lowest BCUT2D eigenvalue weighted by molar-refractivity contribution is -0.116. The lowest BCUT2D eigenvalue weighted by atomic mass is 10.2. The van der Waals surface area contributed by atoms with Crippen LogP contribution >= 0.6 is 23.2 Å². The van der Waals surface area contributed by atoms with E-state index in [-0.39, 0.29) is 5.91 Å². The van der Waals surface area contributed by atoms with Gasteiger partial charge in [-0.3, -0.25) is 4.79 Å². The highest BCUT2D eigenvalue weighted by Gasteiger charge is 2.01. The molecule has 0 atom stereocenters. The second-order valence-corrected chi connectivity index (χ2v) is 4.13. The molecule has 0 aliphatic rings. The molecule has 0 bridgehead atoms. The molecule has 4 heteroatoms. The fourth-order valence-corrected chi connectivity index (χ4v) is 1.54. The van der Waals surface area contributed by atoms with Crippen LogP contribution in [0.4, 0.5) is 0 Å². The largest absolute Gasteiger partial charge is 0.352 e. The minimum atomic E-state index is -0.164. The first-order valence-electron chi connectivity index (χ1n) is 5.16. The van der Waals surface area contributed by atoms with Gasteiger partial charge in [-0.15, -0.1) is 6.58 Å². The molecule has 17 heavy (non-hydrogen) atoms. The van der Waals surface area contributed by atoms with E-state index >= 15 is 0 Å². The zero-order valence-corrected chi connectivity index (χ0v) is 10.8. The Balaban J connectivity index is 2.61. The van der Waals surface area contributed by atoms with Crippen molar-refractivity contribution >= 4 is 35.2 Å². The number of carbonyl (C=O) groups excluding carboxylic acids is 1. The number of halogens is 2. The molecule has 0 saturated carbocycles. The van der Waals surface area contributed by atoms with Crippen molar-refractivity contribution < 1.29 is 4.79 Å². The summed E-state index contributed by atoms with van der Waals surface area (Å²) >= 11 is 11.8. The summed E-state index contributed by atoms with van der Waals surface area (Å²) in [6, 6.07) is 5.27. The van der Waals surface area contributed by atoms with Crippen LogP contribution in [0.1, 0.15) is 12.0 Å². The van der Waals surface area contributed by atoms with Gasteiger partial charge in [-0.25, -0.2) is 0 Å². The average molecular weight is 270 g/mol. The standard InChI is InChI=1S/C13H13Cl2NO/c1-2-3-9-16-12(17)8-7-10-5-4-6-11(14)13(10)15/h2,4-8H,1,3,9H2,(H,16,17)/b8-7+. The van der Waals surface area contributed by atoms with Crippen molar-refractivity contribution in [1.82, 2.24) is 5.32 Å². The molecule has 1 rings (SSSR count). The summed E-state index contributed by atoms with van der Waals surface area (Å²) < 4.78 is 0. The SMILES string of the molecule is C=CCCNC(=O)/C=C/c1cccc(Cl)c1Cl. The molecule has 0 spiro atoms. The van der Waals surface area contributed by atoms with E-state index in [2.05, 4.69) is 11.9 Å². The number of amides is 1. The molecule has 0 unspecified atom stereocenters. The van der Waals surface area contributed by atoms with E-state index in [1.54, 1.807) is 30.4 Å². The summed E-state index contributed by atoms with van der Waals surface area (Å²) in [5.74, 6) is -0.164. The van der Waals surface area contributed by atoms with E-state index in [0.717, 1.165) is 12.0 Å². The van der Waals surface area contributed by atoms with E-state index in [1.165, 1.54) is 6.08 Å². The number of benzene rings is 1. The molecule has 0 radical (unpaired) electrons. The highest BCUT2D eigenvalue weighted by atomic mass is 35.5. The Morgan fingerprint density at radius 3 is 2.88 bits per heavy atom. The molecule has 0 aromatic heterocycles. The van der Waals surface area contributed by atoms with Crippen LogP contribution in [0.2, 0.25) is 10.0 Å². The van der Waals surface area contributed by atoms with Gasteiger partial charge in [0.25, 0.3) is 0 Å². The molecule has 0 aliphatic heterocycles. The number of nitrogens with one attached hydrogen (secondary N) is 1. The van der Waals surface area contributed by atoms with Crippen LogP contribution in [0.15, 0.2) is 36.9 Å². The van der Waals surface area contributed by atoms with Gasteiger partial charge in [0.2, 0.25) is 5.91 Å². The first-order valence-corrected chi connectivity index (χ1v) is 5.91. The third-order valence-corrected chi connectivity index (χ3v) is 2.88. The molecule has 0 fully saturated rings. The van der Waals surface area contributed by atoms with E-state index in [4.69, 9.17) is 23.2 Å². The van der Waals surface area contributed by atoms with Gasteiger partial charge >= 0.3 is 0 Å². The normalized spacial score (nSPS) is 10.5. The van der Waals surface area contributed by atoms with Gasteiger partial charge in [0.15, 0.2) is 0 Å². The number of hydrogen-bond donors (Lipinski definition) is 1. The summed E-state index contributed by atoms with van der Waals surface area (Å²) in [5.41, 5.74) is 0.720. The second-order valence-electron chi connectivity index (χ2n) is 3.34. The maximum absolute atomic E-state index is 11.4. The van der Waals surface area contributed by atoms with Gasteiger partial charge < -0.3 is 5.32 Å². The lowest BCUT2D eigenvalue weighted by Gasteiger charge is -2.01. The average Bonchev–Trinajstić information content (AvgIpc) is 2.31. The van der Waals surface area contributed by atoms with Crippen LogP contribution in [-0.2, 0) is 4.79 Å². The zero-order valence-electron chi connectivity index (χ0n) is 9.25. The highest BCUT2D eigenvalue weighted by Crippen LogP contribution is 2.26. The van der Waals surface area contributed by atoms with Gasteiger partial charge in [0.05, 0.1) is 10.0 Å². The minimum Gasteiger partial charge on any atom is -0.352 e. The Bertz CT molecular complexity index is 441. The summed E-state index contributed by atoms with van der Waals surface area (Å²) in [5, 5.41) is 3.64. The van der Waals surface area contributed by atoms with Crippen LogP contribution in [0.25, 0.3) is 6.08 Å². The maximum Gasteiger partial charge on any atom is 0.244 e. The van der Waals surface area contributed by atoms with Gasteiger partial charge in [-0.2, -0.15) is 0 Å². The first kappa shape index (κ1) is 13.8. The Kier molecular flexibility index (Phi) is 5.81. The quantitative estimate of drug-likeness (QED) is 0.493. The summed E-state index contributed by atoms with van der Waals surface area (Å²) in [6.07, 6.45) is 5.56. The van der Waals surface area contributed by atoms with Crippen LogP contribution < -0.4 is 5.32 Å². The van der Waals surface area contributed by atoms with Crippen molar-refractivity contribution in [1.29, 1.82) is 0 Å². The van der Waals surface area contributed by atoms with Crippen molar-refractivity contribution in [3.63, 3.8) is 0 Å². The van der Waals surface area contributed by atoms with Crippen molar-refractivity contribution in [3.05, 3.63) is 52.5 Å². The van der Waals surface area contributed by atoms with Gasteiger partial charge in [-0.05, 0) is 24.1 Å². The maximum atomic E-state index is 11.4. The number of rotatable bonds is 5. The predicted octanol–water partition coefficient (Wildman–Crippen LogP) is 3.70. The van der Waals surface area contributed by atoms with Crippen molar-refractivity contribution in [2.24, 2.45) is 0 Å². The molecule has 1 amide bonds. The molecule has 2 nitrogen and oxygen atoms in total. The highest BCUT2D eigenvalue weighted by molar-refractivity contribution is 6.42. The van der Waals surface area contributed by atoms with E-state index < -0.39 is 0 Å². The molecule has 90 valence electrons. The molecule has 0 saturated heterocycles. The Hall–Kier alpha value is -1.25. The number of carbonyl (C=O) groups is 1. The summed E-state index contributed by atoms with van der Waals surface area (Å²) in [7, 11) is 0. The Labute approximate surface area is 111 Å². The van der Waals surface area contributed by atoms with Crippen molar-refractivity contribution in [2.45, 2.75) is 6.42 Å². The molecule has 1 aromatic rings. The molecular weight excluding hydrogens is 257 g/mol. The van der Waals surface area contributed by atoms with Crippen LogP contribution in [0.3, 0.4) is 0 Å². The minimum absolute atomic E-state index is 0.164. The Morgan fingerprint density at radius 1 is 1.41 bits per heavy atom.